The van der Waals surface area contributed by atoms with E-state index in [1.807, 2.05) is 6.92 Å². The minimum Gasteiger partial charge on any atom is -0.367 e. The lowest BCUT2D eigenvalue weighted by Gasteiger charge is -2.15. The number of hydrogen-bond acceptors (Lipinski definition) is 4. The molecule has 1 N–H and O–H groups in total. The third kappa shape index (κ3) is 4.01. The zero-order valence-corrected chi connectivity index (χ0v) is 10.6. The first-order valence-corrected chi connectivity index (χ1v) is 5.92. The highest BCUT2D eigenvalue weighted by atomic mass is 16.6. The molecule has 0 aliphatic heterocycles. The second-order valence-electron chi connectivity index (χ2n) is 4.30. The Balaban J connectivity index is 2.69. The maximum absolute atomic E-state index is 10.6. The van der Waals surface area contributed by atoms with E-state index in [9.17, 15) is 10.1 Å². The average molecular weight is 237 g/mol. The van der Waals surface area contributed by atoms with Gasteiger partial charge < -0.3 is 5.32 Å². The summed E-state index contributed by atoms with van der Waals surface area (Å²) in [7, 11) is 0. The van der Waals surface area contributed by atoms with Crippen LogP contribution in [0.5, 0.6) is 0 Å². The standard InChI is InChI=1S/C12H19N3O2/c1-4-5-6-10(3)14-12-9(2)7-11(8-13-12)15(16)17/h7-8,10H,4-6H2,1-3H3,(H,13,14). The van der Waals surface area contributed by atoms with E-state index < -0.39 is 4.92 Å². The first-order valence-electron chi connectivity index (χ1n) is 5.92. The summed E-state index contributed by atoms with van der Waals surface area (Å²) in [5.41, 5.74) is 0.844. The molecular formula is C12H19N3O2. The lowest BCUT2D eigenvalue weighted by atomic mass is 10.1. The van der Waals surface area contributed by atoms with Gasteiger partial charge in [0.2, 0.25) is 0 Å². The van der Waals surface area contributed by atoms with Gasteiger partial charge in [0.25, 0.3) is 5.69 Å². The van der Waals surface area contributed by atoms with Crippen LogP contribution in [0.3, 0.4) is 0 Å². The summed E-state index contributed by atoms with van der Waals surface area (Å²) < 4.78 is 0. The summed E-state index contributed by atoms with van der Waals surface area (Å²) >= 11 is 0. The van der Waals surface area contributed by atoms with Gasteiger partial charge in [0.05, 0.1) is 4.92 Å². The van der Waals surface area contributed by atoms with Crippen LogP contribution in [-0.4, -0.2) is 15.9 Å². The second-order valence-corrected chi connectivity index (χ2v) is 4.30. The molecule has 1 aromatic rings. The zero-order valence-electron chi connectivity index (χ0n) is 10.6. The van der Waals surface area contributed by atoms with Crippen molar-refractivity contribution >= 4 is 11.5 Å². The molecule has 1 atom stereocenters. The van der Waals surface area contributed by atoms with Crippen molar-refractivity contribution in [1.29, 1.82) is 0 Å². The molecule has 1 rings (SSSR count). The zero-order chi connectivity index (χ0) is 12.8. The Kier molecular flexibility index (Phi) is 4.87. The molecule has 0 aliphatic carbocycles. The fourth-order valence-electron chi connectivity index (χ4n) is 1.63. The van der Waals surface area contributed by atoms with Crippen LogP contribution in [0.4, 0.5) is 11.5 Å². The van der Waals surface area contributed by atoms with Gasteiger partial charge in [0.15, 0.2) is 0 Å². The average Bonchev–Trinajstić information content (AvgIpc) is 2.28. The van der Waals surface area contributed by atoms with Gasteiger partial charge in [0, 0.05) is 12.1 Å². The van der Waals surface area contributed by atoms with Crippen molar-refractivity contribution in [3.8, 4) is 0 Å². The summed E-state index contributed by atoms with van der Waals surface area (Å²) in [6.45, 7) is 6.08. The summed E-state index contributed by atoms with van der Waals surface area (Å²) in [5.74, 6) is 0.735. The van der Waals surface area contributed by atoms with E-state index in [0.717, 1.165) is 17.8 Å². The largest absolute Gasteiger partial charge is 0.367 e. The summed E-state index contributed by atoms with van der Waals surface area (Å²) in [4.78, 5) is 14.2. The van der Waals surface area contributed by atoms with Crippen LogP contribution in [0.25, 0.3) is 0 Å². The molecule has 1 heterocycles. The summed E-state index contributed by atoms with van der Waals surface area (Å²) in [6, 6.07) is 1.88. The molecule has 0 aliphatic rings. The molecule has 1 unspecified atom stereocenters. The van der Waals surface area contributed by atoms with Crippen molar-refractivity contribution in [2.45, 2.75) is 46.1 Å². The number of rotatable bonds is 6. The topological polar surface area (TPSA) is 68.1 Å². The van der Waals surface area contributed by atoms with E-state index in [0.29, 0.717) is 6.04 Å². The van der Waals surface area contributed by atoms with Crippen LogP contribution in [0, 0.1) is 17.0 Å². The highest BCUT2D eigenvalue weighted by Gasteiger charge is 2.10. The molecule has 0 radical (unpaired) electrons. The van der Waals surface area contributed by atoms with E-state index >= 15 is 0 Å². The van der Waals surface area contributed by atoms with Crippen LogP contribution in [0.1, 0.15) is 38.7 Å². The maximum Gasteiger partial charge on any atom is 0.287 e. The fourth-order valence-corrected chi connectivity index (χ4v) is 1.63. The van der Waals surface area contributed by atoms with Crippen molar-refractivity contribution in [3.05, 3.63) is 27.9 Å². The van der Waals surface area contributed by atoms with Crippen molar-refractivity contribution < 1.29 is 4.92 Å². The predicted molar refractivity (Wildman–Crippen MR) is 68.2 cm³/mol. The molecule has 0 aromatic carbocycles. The highest BCUT2D eigenvalue weighted by molar-refractivity contribution is 5.48. The van der Waals surface area contributed by atoms with E-state index in [1.165, 1.54) is 19.0 Å². The van der Waals surface area contributed by atoms with Gasteiger partial charge in [-0.2, -0.15) is 0 Å². The molecule has 5 heteroatoms. The number of anilines is 1. The molecule has 5 nitrogen and oxygen atoms in total. The summed E-state index contributed by atoms with van der Waals surface area (Å²) in [6.07, 6.45) is 4.70. The van der Waals surface area contributed by atoms with Crippen molar-refractivity contribution in [2.75, 3.05) is 5.32 Å². The number of aryl methyl sites for hydroxylation is 1. The normalized spacial score (nSPS) is 12.2. The number of nitro groups is 1. The fraction of sp³-hybridized carbons (Fsp3) is 0.583. The highest BCUT2D eigenvalue weighted by Crippen LogP contribution is 2.19. The monoisotopic (exact) mass is 237 g/mol. The number of aromatic nitrogens is 1. The molecule has 0 fully saturated rings. The van der Waals surface area contributed by atoms with Gasteiger partial charge in [-0.05, 0) is 25.8 Å². The number of nitrogens with one attached hydrogen (secondary N) is 1. The van der Waals surface area contributed by atoms with E-state index in [1.54, 1.807) is 6.07 Å². The third-order valence-electron chi connectivity index (χ3n) is 2.65. The van der Waals surface area contributed by atoms with E-state index in [-0.39, 0.29) is 5.69 Å². The SMILES string of the molecule is CCCCC(C)Nc1ncc([N+](=O)[O-])cc1C. The Hall–Kier alpha value is -1.65. The van der Waals surface area contributed by atoms with Gasteiger partial charge in [-0.25, -0.2) is 4.98 Å². The van der Waals surface area contributed by atoms with Gasteiger partial charge >= 0.3 is 0 Å². The quantitative estimate of drug-likeness (QED) is 0.609. The molecule has 0 saturated heterocycles. The minimum atomic E-state index is -0.426. The third-order valence-corrected chi connectivity index (χ3v) is 2.65. The van der Waals surface area contributed by atoms with Gasteiger partial charge in [-0.3, -0.25) is 10.1 Å². The number of unbranched alkanes of at least 4 members (excludes halogenated alkanes) is 1. The van der Waals surface area contributed by atoms with E-state index in [2.05, 4.69) is 24.1 Å². The molecule has 0 spiro atoms. The minimum absolute atomic E-state index is 0.0364. The Morgan fingerprint density at radius 3 is 2.82 bits per heavy atom. The number of pyridine rings is 1. The van der Waals surface area contributed by atoms with Gasteiger partial charge in [-0.15, -0.1) is 0 Å². The van der Waals surface area contributed by atoms with Crippen molar-refractivity contribution in [3.63, 3.8) is 0 Å². The van der Waals surface area contributed by atoms with Crippen LogP contribution in [0.2, 0.25) is 0 Å². The Labute approximate surface area is 101 Å². The second kappa shape index (κ2) is 6.18. The smallest absolute Gasteiger partial charge is 0.287 e. The molecule has 0 saturated carbocycles. The molecule has 0 bridgehead atoms. The Morgan fingerprint density at radius 2 is 2.29 bits per heavy atom. The van der Waals surface area contributed by atoms with Gasteiger partial charge in [0.1, 0.15) is 12.0 Å². The molecule has 1 aromatic heterocycles. The van der Waals surface area contributed by atoms with E-state index in [4.69, 9.17) is 0 Å². The maximum atomic E-state index is 10.6. The van der Waals surface area contributed by atoms with Crippen LogP contribution in [-0.2, 0) is 0 Å². The van der Waals surface area contributed by atoms with Crippen LogP contribution in [0.15, 0.2) is 12.3 Å². The lowest BCUT2D eigenvalue weighted by Crippen LogP contribution is -2.16. The van der Waals surface area contributed by atoms with Crippen molar-refractivity contribution in [2.24, 2.45) is 0 Å². The number of hydrogen-bond donors (Lipinski definition) is 1. The predicted octanol–water partition coefficient (Wildman–Crippen LogP) is 3.29. The molecule has 17 heavy (non-hydrogen) atoms. The Bertz CT molecular complexity index is 393. The van der Waals surface area contributed by atoms with Crippen LogP contribution < -0.4 is 5.32 Å². The van der Waals surface area contributed by atoms with Gasteiger partial charge in [-0.1, -0.05) is 19.8 Å². The molecular weight excluding hydrogens is 218 g/mol. The first kappa shape index (κ1) is 13.4. The van der Waals surface area contributed by atoms with Crippen LogP contribution >= 0.6 is 0 Å². The molecule has 0 amide bonds. The lowest BCUT2D eigenvalue weighted by molar-refractivity contribution is -0.385. The first-order chi connectivity index (χ1) is 8.04. The molecule has 94 valence electrons. The number of nitrogens with zero attached hydrogens (tertiary/aromatic N) is 2. The summed E-state index contributed by atoms with van der Waals surface area (Å²) in [5, 5.41) is 13.9. The Morgan fingerprint density at radius 1 is 1.59 bits per heavy atom. The van der Waals surface area contributed by atoms with Crippen molar-refractivity contribution in [1.82, 2.24) is 4.98 Å².